The zero-order valence-corrected chi connectivity index (χ0v) is 16.4. The number of nitrogens with zero attached hydrogens (tertiary/aromatic N) is 1. The number of hydrogen-bond acceptors (Lipinski definition) is 3. The summed E-state index contributed by atoms with van der Waals surface area (Å²) in [6, 6.07) is 17.5. The Kier molecular flexibility index (Phi) is 8.01. The predicted molar refractivity (Wildman–Crippen MR) is 110 cm³/mol. The molecule has 2 amide bonds. The van der Waals surface area contributed by atoms with Crippen LogP contribution in [-0.2, 0) is 11.2 Å². The Morgan fingerprint density at radius 3 is 2.15 bits per heavy atom. The van der Waals surface area contributed by atoms with Gasteiger partial charge < -0.3 is 10.6 Å². The van der Waals surface area contributed by atoms with Crippen LogP contribution in [0.5, 0.6) is 0 Å². The van der Waals surface area contributed by atoms with E-state index in [0.29, 0.717) is 17.8 Å². The number of hydrogen-bond donors (Lipinski definition) is 2. The molecule has 2 rings (SSSR count). The van der Waals surface area contributed by atoms with Crippen molar-refractivity contribution in [3.8, 4) is 0 Å². The van der Waals surface area contributed by atoms with E-state index in [1.54, 1.807) is 24.3 Å². The summed E-state index contributed by atoms with van der Waals surface area (Å²) in [4.78, 5) is 26.0. The Balaban J connectivity index is 2.00. The lowest BCUT2D eigenvalue weighted by molar-refractivity contribution is -0.114. The van der Waals surface area contributed by atoms with E-state index >= 15 is 0 Å². The van der Waals surface area contributed by atoms with Crippen LogP contribution in [0.1, 0.15) is 36.7 Å². The first-order valence-corrected chi connectivity index (χ1v) is 9.47. The van der Waals surface area contributed by atoms with Gasteiger partial charge in [0, 0.05) is 30.8 Å². The van der Waals surface area contributed by atoms with Crippen LogP contribution in [-0.4, -0.2) is 42.4 Å². The molecule has 0 saturated carbocycles. The molecule has 2 N–H and O–H groups in total. The third-order valence-electron chi connectivity index (χ3n) is 4.61. The summed E-state index contributed by atoms with van der Waals surface area (Å²) in [6.07, 6.45) is 0.893. The molecule has 0 saturated heterocycles. The fourth-order valence-corrected chi connectivity index (χ4v) is 3.18. The summed E-state index contributed by atoms with van der Waals surface area (Å²) >= 11 is 0. The zero-order valence-electron chi connectivity index (χ0n) is 16.4. The summed E-state index contributed by atoms with van der Waals surface area (Å²) in [6.45, 7) is 8.21. The molecule has 5 heteroatoms. The second-order valence-electron chi connectivity index (χ2n) is 6.53. The molecule has 0 bridgehead atoms. The number of amides is 2. The Hall–Kier alpha value is -2.66. The minimum atomic E-state index is -0.129. The third kappa shape index (κ3) is 6.53. The lowest BCUT2D eigenvalue weighted by Crippen LogP contribution is -2.45. The molecule has 0 heterocycles. The first-order chi connectivity index (χ1) is 13.0. The summed E-state index contributed by atoms with van der Waals surface area (Å²) in [5, 5.41) is 5.76. The van der Waals surface area contributed by atoms with Crippen molar-refractivity contribution in [2.45, 2.75) is 33.2 Å². The molecule has 0 aliphatic heterocycles. The first kappa shape index (κ1) is 20.6. The van der Waals surface area contributed by atoms with Gasteiger partial charge in [0.2, 0.25) is 5.91 Å². The van der Waals surface area contributed by atoms with Crippen molar-refractivity contribution in [1.82, 2.24) is 10.2 Å². The molecule has 27 heavy (non-hydrogen) atoms. The number of nitrogens with one attached hydrogen (secondary N) is 2. The molecule has 0 aromatic heterocycles. The molecule has 0 fully saturated rings. The highest BCUT2D eigenvalue weighted by atomic mass is 16.2. The molecule has 2 aromatic rings. The maximum atomic E-state index is 12.5. The summed E-state index contributed by atoms with van der Waals surface area (Å²) in [5.41, 5.74) is 2.54. The van der Waals surface area contributed by atoms with Gasteiger partial charge >= 0.3 is 0 Å². The second-order valence-corrected chi connectivity index (χ2v) is 6.53. The highest BCUT2D eigenvalue weighted by Crippen LogP contribution is 2.11. The summed E-state index contributed by atoms with van der Waals surface area (Å²) in [7, 11) is 0. The average molecular weight is 367 g/mol. The van der Waals surface area contributed by atoms with E-state index < -0.39 is 0 Å². The van der Waals surface area contributed by atoms with Crippen molar-refractivity contribution < 1.29 is 9.59 Å². The van der Waals surface area contributed by atoms with Crippen molar-refractivity contribution in [2.24, 2.45) is 0 Å². The Labute approximate surface area is 161 Å². The zero-order chi connectivity index (χ0) is 19.6. The van der Waals surface area contributed by atoms with Gasteiger partial charge in [-0.05, 0) is 49.3 Å². The van der Waals surface area contributed by atoms with E-state index in [4.69, 9.17) is 0 Å². The van der Waals surface area contributed by atoms with Crippen molar-refractivity contribution in [1.29, 1.82) is 0 Å². The largest absolute Gasteiger partial charge is 0.350 e. The molecular weight excluding hydrogens is 338 g/mol. The topological polar surface area (TPSA) is 61.4 Å². The number of carbonyl (C=O) groups is 2. The van der Waals surface area contributed by atoms with Crippen LogP contribution in [0, 0.1) is 0 Å². The lowest BCUT2D eigenvalue weighted by Gasteiger charge is -2.30. The predicted octanol–water partition coefficient (Wildman–Crippen LogP) is 3.33. The van der Waals surface area contributed by atoms with Crippen molar-refractivity contribution in [2.75, 3.05) is 25.0 Å². The van der Waals surface area contributed by atoms with Gasteiger partial charge in [0.25, 0.3) is 5.91 Å². The average Bonchev–Trinajstić information content (AvgIpc) is 2.67. The van der Waals surface area contributed by atoms with E-state index in [9.17, 15) is 9.59 Å². The monoisotopic (exact) mass is 367 g/mol. The van der Waals surface area contributed by atoms with Gasteiger partial charge in [0.1, 0.15) is 0 Å². The van der Waals surface area contributed by atoms with Gasteiger partial charge in [-0.2, -0.15) is 0 Å². The molecule has 144 valence electrons. The van der Waals surface area contributed by atoms with Crippen molar-refractivity contribution >= 4 is 17.5 Å². The summed E-state index contributed by atoms with van der Waals surface area (Å²) in [5.74, 6) is -0.232. The number of likely N-dealkylation sites (N-methyl/N-ethyl adjacent to an activating group) is 1. The third-order valence-corrected chi connectivity index (χ3v) is 4.61. The van der Waals surface area contributed by atoms with E-state index in [0.717, 1.165) is 19.5 Å². The van der Waals surface area contributed by atoms with E-state index in [1.807, 2.05) is 18.2 Å². The molecule has 2 aromatic carbocycles. The van der Waals surface area contributed by atoms with Crippen LogP contribution < -0.4 is 10.6 Å². The molecule has 0 radical (unpaired) electrons. The number of carbonyl (C=O) groups excluding carboxylic acids is 2. The maximum absolute atomic E-state index is 12.5. The van der Waals surface area contributed by atoms with Crippen LogP contribution in [0.2, 0.25) is 0 Å². The van der Waals surface area contributed by atoms with Gasteiger partial charge in [0.05, 0.1) is 0 Å². The van der Waals surface area contributed by atoms with Gasteiger partial charge in [-0.3, -0.25) is 14.5 Å². The van der Waals surface area contributed by atoms with E-state index in [2.05, 4.69) is 41.5 Å². The van der Waals surface area contributed by atoms with Crippen molar-refractivity contribution in [3.05, 3.63) is 65.7 Å². The quantitative estimate of drug-likeness (QED) is 0.715. The Bertz CT molecular complexity index is 725. The molecule has 1 unspecified atom stereocenters. The number of anilines is 1. The van der Waals surface area contributed by atoms with Gasteiger partial charge in [0.15, 0.2) is 0 Å². The normalized spacial score (nSPS) is 11.9. The van der Waals surface area contributed by atoms with Gasteiger partial charge in [-0.25, -0.2) is 0 Å². The van der Waals surface area contributed by atoms with Crippen LogP contribution in [0.25, 0.3) is 0 Å². The fraction of sp³-hybridized carbons (Fsp3) is 0.364. The standard InChI is InChI=1S/C22H29N3O2/c1-4-25(5-2)21(15-18-9-7-6-8-10-18)16-23-22(27)19-11-13-20(14-12-19)24-17(3)26/h6-14,21H,4-5,15-16H2,1-3H3,(H,23,27)(H,24,26). The molecule has 0 spiro atoms. The highest BCUT2D eigenvalue weighted by molar-refractivity contribution is 5.95. The second kappa shape index (κ2) is 10.5. The smallest absolute Gasteiger partial charge is 0.251 e. The molecule has 5 nitrogen and oxygen atoms in total. The Morgan fingerprint density at radius 2 is 1.59 bits per heavy atom. The minimum absolute atomic E-state index is 0.102. The van der Waals surface area contributed by atoms with Gasteiger partial charge in [-0.1, -0.05) is 44.2 Å². The first-order valence-electron chi connectivity index (χ1n) is 9.47. The minimum Gasteiger partial charge on any atom is -0.350 e. The lowest BCUT2D eigenvalue weighted by atomic mass is 10.0. The SMILES string of the molecule is CCN(CC)C(CNC(=O)c1ccc(NC(C)=O)cc1)Cc1ccccc1. The molecule has 0 aliphatic carbocycles. The summed E-state index contributed by atoms with van der Waals surface area (Å²) < 4.78 is 0. The van der Waals surface area contributed by atoms with E-state index in [-0.39, 0.29) is 17.9 Å². The fourth-order valence-electron chi connectivity index (χ4n) is 3.18. The highest BCUT2D eigenvalue weighted by Gasteiger charge is 2.17. The van der Waals surface area contributed by atoms with Crippen molar-refractivity contribution in [3.63, 3.8) is 0 Å². The van der Waals surface area contributed by atoms with Crippen LogP contribution in [0.3, 0.4) is 0 Å². The molecule has 0 aliphatic rings. The van der Waals surface area contributed by atoms with Crippen LogP contribution >= 0.6 is 0 Å². The maximum Gasteiger partial charge on any atom is 0.251 e. The Morgan fingerprint density at radius 1 is 0.963 bits per heavy atom. The van der Waals surface area contributed by atoms with Crippen LogP contribution in [0.4, 0.5) is 5.69 Å². The molecular formula is C22H29N3O2. The number of rotatable bonds is 9. The van der Waals surface area contributed by atoms with Crippen LogP contribution in [0.15, 0.2) is 54.6 Å². The van der Waals surface area contributed by atoms with E-state index in [1.165, 1.54) is 12.5 Å². The molecule has 1 atom stereocenters. The number of benzene rings is 2. The van der Waals surface area contributed by atoms with Gasteiger partial charge in [-0.15, -0.1) is 0 Å².